The molecule has 0 unspecified atom stereocenters. The summed E-state index contributed by atoms with van der Waals surface area (Å²) in [7, 11) is 0. The van der Waals surface area contributed by atoms with Crippen molar-refractivity contribution in [3.8, 4) is 0 Å². The van der Waals surface area contributed by atoms with Gasteiger partial charge in [0.1, 0.15) is 0 Å². The van der Waals surface area contributed by atoms with E-state index in [2.05, 4.69) is 19.7 Å². The molecule has 0 spiro atoms. The molecule has 1 fully saturated rings. The van der Waals surface area contributed by atoms with Crippen LogP contribution in [-0.2, 0) is 0 Å². The van der Waals surface area contributed by atoms with Gasteiger partial charge in [-0.05, 0) is 38.5 Å². The van der Waals surface area contributed by atoms with Crippen LogP contribution in [-0.4, -0.2) is 0 Å². The van der Waals surface area contributed by atoms with Gasteiger partial charge < -0.3 is 0 Å². The fraction of sp³-hybridized carbons (Fsp3) is 0.500. The van der Waals surface area contributed by atoms with Gasteiger partial charge in [-0.25, -0.2) is 0 Å². The summed E-state index contributed by atoms with van der Waals surface area (Å²) in [6.07, 6.45) is 6.79. The fourth-order valence-electron chi connectivity index (χ4n) is 1.44. The van der Waals surface area contributed by atoms with E-state index in [1.54, 1.807) is 0 Å². The molecule has 12 heavy (non-hydrogen) atoms. The van der Waals surface area contributed by atoms with Crippen LogP contribution in [0.2, 0.25) is 0 Å². The Hall–Kier alpha value is -0.780. The Balaban J connectivity index is 2.52. The lowest BCUT2D eigenvalue weighted by Gasteiger charge is -2.02. The van der Waals surface area contributed by atoms with E-state index in [1.165, 1.54) is 16.7 Å². The highest BCUT2D eigenvalue weighted by atomic mass is 14.1. The Labute approximate surface area is 75.7 Å². The molecule has 0 aliphatic heterocycles. The first-order valence-electron chi connectivity index (χ1n) is 4.68. The van der Waals surface area contributed by atoms with Gasteiger partial charge in [-0.2, -0.15) is 0 Å². The molecule has 0 N–H and O–H groups in total. The van der Waals surface area contributed by atoms with Crippen molar-refractivity contribution in [1.29, 1.82) is 0 Å². The van der Waals surface area contributed by atoms with Crippen molar-refractivity contribution in [1.82, 2.24) is 0 Å². The molecule has 0 nitrogen and oxygen atoms in total. The van der Waals surface area contributed by atoms with E-state index in [1.807, 2.05) is 0 Å². The molecule has 0 radical (unpaired) electrons. The van der Waals surface area contributed by atoms with Gasteiger partial charge in [0, 0.05) is 0 Å². The lowest BCUT2D eigenvalue weighted by atomic mass is 10.0. The molecule has 1 aliphatic carbocycles. The maximum atomic E-state index is 4.04. The van der Waals surface area contributed by atoms with E-state index < -0.39 is 0 Å². The molecular formula is C12H18. The molecule has 0 saturated heterocycles. The Bertz CT molecular complexity index is 152. The zero-order valence-electron chi connectivity index (χ0n) is 7.86. The van der Waals surface area contributed by atoms with Crippen molar-refractivity contribution in [2.75, 3.05) is 0 Å². The Morgan fingerprint density at radius 1 is 0.500 bits per heavy atom. The zero-order valence-corrected chi connectivity index (χ0v) is 7.86. The highest BCUT2D eigenvalue weighted by Gasteiger charge is 2.04. The molecule has 1 rings (SSSR count). The number of allylic oxidation sites excluding steroid dienone is 3. The summed E-state index contributed by atoms with van der Waals surface area (Å²) < 4.78 is 0. The summed E-state index contributed by atoms with van der Waals surface area (Å²) in [5, 5.41) is 0. The summed E-state index contributed by atoms with van der Waals surface area (Å²) in [5.74, 6) is 0. The minimum atomic E-state index is 1.13. The van der Waals surface area contributed by atoms with Crippen LogP contribution in [0.15, 0.2) is 36.5 Å². The Kier molecular flexibility index (Phi) is 3.33. The van der Waals surface area contributed by atoms with Crippen LogP contribution >= 0.6 is 0 Å². The molecule has 1 aliphatic rings. The van der Waals surface area contributed by atoms with E-state index in [0.717, 1.165) is 38.5 Å². The van der Waals surface area contributed by atoms with Gasteiger partial charge in [-0.3, -0.25) is 0 Å². The van der Waals surface area contributed by atoms with Crippen molar-refractivity contribution in [3.05, 3.63) is 36.5 Å². The normalized spacial score (nSPS) is 21.5. The van der Waals surface area contributed by atoms with Crippen LogP contribution in [0.5, 0.6) is 0 Å². The van der Waals surface area contributed by atoms with Crippen LogP contribution < -0.4 is 0 Å². The molecule has 0 aromatic heterocycles. The van der Waals surface area contributed by atoms with E-state index in [4.69, 9.17) is 0 Å². The van der Waals surface area contributed by atoms with E-state index in [-0.39, 0.29) is 0 Å². The van der Waals surface area contributed by atoms with Crippen molar-refractivity contribution in [2.24, 2.45) is 0 Å². The van der Waals surface area contributed by atoms with E-state index in [0.29, 0.717) is 0 Å². The molecule has 66 valence electrons. The third-order valence-electron chi connectivity index (χ3n) is 2.50. The molecule has 0 amide bonds. The van der Waals surface area contributed by atoms with Gasteiger partial charge in [0.2, 0.25) is 0 Å². The summed E-state index contributed by atoms with van der Waals surface area (Å²) >= 11 is 0. The molecule has 0 heteroatoms. The molecular weight excluding hydrogens is 144 g/mol. The molecule has 0 atom stereocenters. The van der Waals surface area contributed by atoms with Crippen molar-refractivity contribution >= 4 is 0 Å². The van der Waals surface area contributed by atoms with Gasteiger partial charge in [0.05, 0.1) is 0 Å². The van der Waals surface area contributed by atoms with E-state index >= 15 is 0 Å². The van der Waals surface area contributed by atoms with Crippen LogP contribution in [0.25, 0.3) is 0 Å². The third-order valence-corrected chi connectivity index (χ3v) is 2.50. The lowest BCUT2D eigenvalue weighted by molar-refractivity contribution is 0.849. The number of rotatable bonds is 0. The summed E-state index contributed by atoms with van der Waals surface area (Å²) in [6.45, 7) is 12.1. The minimum Gasteiger partial charge on any atom is -0.0998 e. The molecule has 1 saturated carbocycles. The van der Waals surface area contributed by atoms with Gasteiger partial charge in [0.25, 0.3) is 0 Å². The van der Waals surface area contributed by atoms with Crippen molar-refractivity contribution in [2.45, 2.75) is 38.5 Å². The van der Waals surface area contributed by atoms with Crippen LogP contribution in [0.1, 0.15) is 38.5 Å². The average Bonchev–Trinajstić information content (AvgIpc) is 2.11. The first-order chi connectivity index (χ1) is 5.68. The van der Waals surface area contributed by atoms with E-state index in [9.17, 15) is 0 Å². The summed E-state index contributed by atoms with van der Waals surface area (Å²) in [4.78, 5) is 0. The van der Waals surface area contributed by atoms with Gasteiger partial charge >= 0.3 is 0 Å². The Morgan fingerprint density at radius 2 is 0.667 bits per heavy atom. The predicted molar refractivity (Wildman–Crippen MR) is 55.1 cm³/mol. The van der Waals surface area contributed by atoms with Gasteiger partial charge in [0.15, 0.2) is 0 Å². The maximum absolute atomic E-state index is 4.04. The average molecular weight is 162 g/mol. The highest BCUT2D eigenvalue weighted by Crippen LogP contribution is 2.24. The topological polar surface area (TPSA) is 0 Å². The lowest BCUT2D eigenvalue weighted by Crippen LogP contribution is -1.82. The molecule has 0 heterocycles. The summed E-state index contributed by atoms with van der Waals surface area (Å²) in [5.41, 5.74) is 4.08. The van der Waals surface area contributed by atoms with Crippen molar-refractivity contribution < 1.29 is 0 Å². The second-order valence-corrected chi connectivity index (χ2v) is 3.75. The quantitative estimate of drug-likeness (QED) is 0.472. The second kappa shape index (κ2) is 4.30. The SMILES string of the molecule is C=C1CCC(=C)CCC(=C)CC1. The first-order valence-corrected chi connectivity index (χ1v) is 4.68. The monoisotopic (exact) mass is 162 g/mol. The predicted octanol–water partition coefficient (Wildman–Crippen LogP) is 4.01. The van der Waals surface area contributed by atoms with Crippen LogP contribution in [0.3, 0.4) is 0 Å². The van der Waals surface area contributed by atoms with Gasteiger partial charge in [-0.1, -0.05) is 36.5 Å². The molecule has 0 aromatic carbocycles. The number of hydrogen-bond acceptors (Lipinski definition) is 0. The van der Waals surface area contributed by atoms with Gasteiger partial charge in [-0.15, -0.1) is 0 Å². The number of hydrogen-bond donors (Lipinski definition) is 0. The largest absolute Gasteiger partial charge is 0.0998 e. The minimum absolute atomic E-state index is 1.13. The van der Waals surface area contributed by atoms with Crippen LogP contribution in [0.4, 0.5) is 0 Å². The second-order valence-electron chi connectivity index (χ2n) is 3.75. The fourth-order valence-corrected chi connectivity index (χ4v) is 1.44. The Morgan fingerprint density at radius 3 is 0.833 bits per heavy atom. The third kappa shape index (κ3) is 3.08. The highest BCUT2D eigenvalue weighted by molar-refractivity contribution is 5.10. The summed E-state index contributed by atoms with van der Waals surface area (Å²) in [6, 6.07) is 0. The first kappa shape index (κ1) is 9.31. The molecule has 0 aromatic rings. The molecule has 0 bridgehead atoms. The maximum Gasteiger partial charge on any atom is -0.0286 e. The standard InChI is InChI=1S/C12H18/c1-10-4-6-11(2)8-9-12(3)7-5-10/h1-9H2. The van der Waals surface area contributed by atoms with Crippen LogP contribution in [0, 0.1) is 0 Å². The smallest absolute Gasteiger partial charge is 0.0286 e. The van der Waals surface area contributed by atoms with Crippen molar-refractivity contribution in [3.63, 3.8) is 0 Å². The zero-order chi connectivity index (χ0) is 8.97.